The highest BCUT2D eigenvalue weighted by atomic mass is 16.6. The summed E-state index contributed by atoms with van der Waals surface area (Å²) in [7, 11) is 0. The Morgan fingerprint density at radius 3 is 2.75 bits per heavy atom. The highest BCUT2D eigenvalue weighted by Crippen LogP contribution is 2.24. The second-order valence-corrected chi connectivity index (χ2v) is 2.17. The fourth-order valence-corrected chi connectivity index (χ4v) is 0.515. The Kier molecular flexibility index (Phi) is 1.86. The van der Waals surface area contributed by atoms with Gasteiger partial charge in [-0.15, -0.1) is 0 Å². The molecule has 0 heterocycles. The molecular weight excluding hydrogens is 104 g/mol. The molecule has 2 heteroatoms. The van der Waals surface area contributed by atoms with Crippen molar-refractivity contribution in [2.24, 2.45) is 0 Å². The SMILES string of the molecule is CC[C@@H]([O])OC1CC1. The van der Waals surface area contributed by atoms with Crippen LogP contribution in [0.2, 0.25) is 0 Å². The maximum absolute atomic E-state index is 10.5. The van der Waals surface area contributed by atoms with Gasteiger partial charge in [-0.3, -0.25) is 0 Å². The molecule has 1 rings (SSSR count). The van der Waals surface area contributed by atoms with E-state index in [1.165, 1.54) is 0 Å². The minimum atomic E-state index is -0.762. The van der Waals surface area contributed by atoms with E-state index in [4.69, 9.17) is 4.74 Å². The molecule has 1 aliphatic rings. The molecule has 0 N–H and O–H groups in total. The Morgan fingerprint density at radius 2 is 2.38 bits per heavy atom. The normalized spacial score (nSPS) is 23.2. The summed E-state index contributed by atoms with van der Waals surface area (Å²) in [6.45, 7) is 1.85. The van der Waals surface area contributed by atoms with E-state index >= 15 is 0 Å². The summed E-state index contributed by atoms with van der Waals surface area (Å²) >= 11 is 0. The van der Waals surface area contributed by atoms with Gasteiger partial charge in [-0.1, -0.05) is 6.92 Å². The van der Waals surface area contributed by atoms with Crippen LogP contribution in [0.4, 0.5) is 0 Å². The Hall–Kier alpha value is -0.0800. The number of rotatable bonds is 3. The van der Waals surface area contributed by atoms with Crippen LogP contribution >= 0.6 is 0 Å². The average Bonchev–Trinajstić information content (AvgIpc) is 2.50. The quantitative estimate of drug-likeness (QED) is 0.510. The van der Waals surface area contributed by atoms with Crippen LogP contribution in [0.15, 0.2) is 0 Å². The van der Waals surface area contributed by atoms with Gasteiger partial charge < -0.3 is 4.74 Å². The molecule has 0 aromatic heterocycles. The molecule has 0 amide bonds. The first-order valence-corrected chi connectivity index (χ1v) is 3.14. The molecule has 8 heavy (non-hydrogen) atoms. The average molecular weight is 115 g/mol. The van der Waals surface area contributed by atoms with Crippen molar-refractivity contribution in [3.63, 3.8) is 0 Å². The Balaban J connectivity index is 1.98. The lowest BCUT2D eigenvalue weighted by atomic mass is 10.5. The molecule has 2 nitrogen and oxygen atoms in total. The summed E-state index contributed by atoms with van der Waals surface area (Å²) < 4.78 is 4.95. The molecule has 0 saturated heterocycles. The van der Waals surface area contributed by atoms with Gasteiger partial charge in [0.05, 0.1) is 6.10 Å². The van der Waals surface area contributed by atoms with Crippen molar-refractivity contribution in [2.75, 3.05) is 0 Å². The third kappa shape index (κ3) is 1.80. The maximum atomic E-state index is 10.5. The van der Waals surface area contributed by atoms with Gasteiger partial charge in [-0.2, -0.15) is 0 Å². The monoisotopic (exact) mass is 115 g/mol. The van der Waals surface area contributed by atoms with Crippen LogP contribution in [0.5, 0.6) is 0 Å². The van der Waals surface area contributed by atoms with E-state index in [1.54, 1.807) is 0 Å². The fourth-order valence-electron chi connectivity index (χ4n) is 0.515. The Labute approximate surface area is 49.5 Å². The summed E-state index contributed by atoms with van der Waals surface area (Å²) in [5.74, 6) is 0. The van der Waals surface area contributed by atoms with Crippen LogP contribution < -0.4 is 0 Å². The van der Waals surface area contributed by atoms with E-state index < -0.39 is 6.29 Å². The van der Waals surface area contributed by atoms with Gasteiger partial charge in [0.25, 0.3) is 0 Å². The second-order valence-electron chi connectivity index (χ2n) is 2.17. The zero-order valence-corrected chi connectivity index (χ0v) is 5.09. The Morgan fingerprint density at radius 1 is 1.75 bits per heavy atom. The lowest BCUT2D eigenvalue weighted by Gasteiger charge is -2.03. The van der Waals surface area contributed by atoms with Crippen molar-refractivity contribution in [3.8, 4) is 0 Å². The molecule has 1 aliphatic carbocycles. The van der Waals surface area contributed by atoms with Gasteiger partial charge in [0.2, 0.25) is 0 Å². The number of hydrogen-bond acceptors (Lipinski definition) is 1. The molecule has 0 aliphatic heterocycles. The number of hydrogen-bond donors (Lipinski definition) is 0. The van der Waals surface area contributed by atoms with E-state index in [9.17, 15) is 5.11 Å². The topological polar surface area (TPSA) is 29.1 Å². The van der Waals surface area contributed by atoms with Gasteiger partial charge in [0.15, 0.2) is 6.29 Å². The molecule has 47 valence electrons. The molecule has 0 spiro atoms. The summed E-state index contributed by atoms with van der Waals surface area (Å²) in [5.41, 5.74) is 0. The lowest BCUT2D eigenvalue weighted by Crippen LogP contribution is -2.09. The zero-order chi connectivity index (χ0) is 5.98. The molecular formula is C6H11O2. The first-order chi connectivity index (χ1) is 3.83. The first-order valence-electron chi connectivity index (χ1n) is 3.14. The predicted octanol–water partition coefficient (Wildman–Crippen LogP) is 1.33. The van der Waals surface area contributed by atoms with E-state index in [0.717, 1.165) is 12.8 Å². The van der Waals surface area contributed by atoms with Crippen LogP contribution in [-0.4, -0.2) is 12.4 Å². The van der Waals surface area contributed by atoms with Crippen molar-refractivity contribution in [2.45, 2.75) is 38.6 Å². The molecule has 1 saturated carbocycles. The van der Waals surface area contributed by atoms with Crippen molar-refractivity contribution in [3.05, 3.63) is 0 Å². The van der Waals surface area contributed by atoms with Gasteiger partial charge in [0, 0.05) is 0 Å². The molecule has 0 aromatic rings. The summed E-state index contributed by atoms with van der Waals surface area (Å²) in [4.78, 5) is 0. The van der Waals surface area contributed by atoms with Crippen LogP contribution in [0.3, 0.4) is 0 Å². The minimum absolute atomic E-state index is 0.317. The van der Waals surface area contributed by atoms with Crippen molar-refractivity contribution < 1.29 is 9.84 Å². The van der Waals surface area contributed by atoms with Crippen LogP contribution in [0, 0.1) is 0 Å². The highest BCUT2D eigenvalue weighted by molar-refractivity contribution is 4.73. The summed E-state index contributed by atoms with van der Waals surface area (Å²) in [5, 5.41) is 10.5. The predicted molar refractivity (Wildman–Crippen MR) is 28.9 cm³/mol. The molecule has 1 atom stereocenters. The van der Waals surface area contributed by atoms with E-state index in [2.05, 4.69) is 0 Å². The summed E-state index contributed by atoms with van der Waals surface area (Å²) in [6, 6.07) is 0. The van der Waals surface area contributed by atoms with Gasteiger partial charge in [-0.25, -0.2) is 5.11 Å². The molecule has 1 fully saturated rings. The Bertz CT molecular complexity index is 68.9. The largest absolute Gasteiger partial charge is 0.346 e. The molecule has 0 bridgehead atoms. The standard InChI is InChI=1S/C6H11O2/c1-2-6(7)8-5-3-4-5/h5-6H,2-4H2,1H3/t6-/m0/s1. The summed E-state index contributed by atoms with van der Waals surface area (Å²) in [6.07, 6.45) is 2.34. The van der Waals surface area contributed by atoms with Gasteiger partial charge in [0.1, 0.15) is 0 Å². The first kappa shape index (κ1) is 6.05. The van der Waals surface area contributed by atoms with Crippen molar-refractivity contribution in [1.82, 2.24) is 0 Å². The highest BCUT2D eigenvalue weighted by Gasteiger charge is 2.24. The fraction of sp³-hybridized carbons (Fsp3) is 1.00. The van der Waals surface area contributed by atoms with Crippen LogP contribution in [0.1, 0.15) is 26.2 Å². The van der Waals surface area contributed by atoms with Crippen molar-refractivity contribution >= 4 is 0 Å². The molecule has 0 unspecified atom stereocenters. The van der Waals surface area contributed by atoms with E-state index in [0.29, 0.717) is 12.5 Å². The van der Waals surface area contributed by atoms with E-state index in [-0.39, 0.29) is 0 Å². The lowest BCUT2D eigenvalue weighted by molar-refractivity contribution is -0.147. The zero-order valence-electron chi connectivity index (χ0n) is 5.09. The minimum Gasteiger partial charge on any atom is -0.346 e. The number of ether oxygens (including phenoxy) is 1. The van der Waals surface area contributed by atoms with E-state index in [1.807, 2.05) is 6.92 Å². The third-order valence-corrected chi connectivity index (χ3v) is 1.20. The van der Waals surface area contributed by atoms with Crippen molar-refractivity contribution in [1.29, 1.82) is 0 Å². The molecule has 1 radical (unpaired) electrons. The van der Waals surface area contributed by atoms with Crippen LogP contribution in [0.25, 0.3) is 0 Å². The second kappa shape index (κ2) is 2.46. The smallest absolute Gasteiger partial charge is 0.191 e. The van der Waals surface area contributed by atoms with Gasteiger partial charge >= 0.3 is 0 Å². The van der Waals surface area contributed by atoms with Crippen LogP contribution in [-0.2, 0) is 9.84 Å². The van der Waals surface area contributed by atoms with Gasteiger partial charge in [-0.05, 0) is 19.3 Å². The maximum Gasteiger partial charge on any atom is 0.191 e. The third-order valence-electron chi connectivity index (χ3n) is 1.20. The molecule has 0 aromatic carbocycles.